The number of hydrogen-bond acceptors (Lipinski definition) is 4. The summed E-state index contributed by atoms with van der Waals surface area (Å²) in [6, 6.07) is 0. The molecule has 0 saturated heterocycles. The molecule has 6 heteroatoms. The van der Waals surface area contributed by atoms with Crippen molar-refractivity contribution in [3.8, 4) is 0 Å². The van der Waals surface area contributed by atoms with Gasteiger partial charge in [-0.1, -0.05) is 13.8 Å². The number of nitrogens with one attached hydrogen (secondary N) is 1. The Kier molecular flexibility index (Phi) is 6.23. The van der Waals surface area contributed by atoms with Gasteiger partial charge in [-0.25, -0.2) is 4.79 Å². The summed E-state index contributed by atoms with van der Waals surface area (Å²) in [4.78, 5) is 23.6. The van der Waals surface area contributed by atoms with Gasteiger partial charge in [0.1, 0.15) is 11.0 Å². The summed E-state index contributed by atoms with van der Waals surface area (Å²) in [5, 5.41) is 12.2. The van der Waals surface area contributed by atoms with Crippen LogP contribution in [0.4, 0.5) is 4.79 Å². The largest absolute Gasteiger partial charge is 0.481 e. The zero-order valence-electron chi connectivity index (χ0n) is 14.3. The SMILES string of the molecule is CC(C)C(CNC(=O)OC(C)(C)C)(COCC1CC1)C(=O)O. The van der Waals surface area contributed by atoms with E-state index in [-0.39, 0.29) is 19.1 Å². The number of aliphatic carboxylic acids is 1. The molecule has 0 aromatic carbocycles. The standard InChI is InChI=1S/C16H29NO5/c1-11(2)16(13(18)19,10-21-8-12-6-7-12)9-17-14(20)22-15(3,4)5/h11-12H,6-10H2,1-5H3,(H,17,20)(H,18,19). The molecule has 1 aliphatic rings. The van der Waals surface area contributed by atoms with E-state index in [4.69, 9.17) is 9.47 Å². The van der Waals surface area contributed by atoms with Crippen LogP contribution in [0.1, 0.15) is 47.5 Å². The molecule has 1 atom stereocenters. The van der Waals surface area contributed by atoms with Crippen molar-refractivity contribution in [1.82, 2.24) is 5.32 Å². The summed E-state index contributed by atoms with van der Waals surface area (Å²) in [5.41, 5.74) is -1.76. The van der Waals surface area contributed by atoms with Crippen molar-refractivity contribution in [2.45, 2.75) is 53.1 Å². The van der Waals surface area contributed by atoms with Crippen LogP contribution in [-0.4, -0.2) is 42.5 Å². The van der Waals surface area contributed by atoms with E-state index < -0.39 is 23.1 Å². The predicted molar refractivity (Wildman–Crippen MR) is 82.7 cm³/mol. The van der Waals surface area contributed by atoms with Gasteiger partial charge in [-0.2, -0.15) is 0 Å². The fraction of sp³-hybridized carbons (Fsp3) is 0.875. The molecule has 0 radical (unpaired) electrons. The second-order valence-electron chi connectivity index (χ2n) is 7.43. The maximum Gasteiger partial charge on any atom is 0.407 e. The van der Waals surface area contributed by atoms with Crippen molar-refractivity contribution in [3.63, 3.8) is 0 Å². The Bertz CT molecular complexity index is 398. The van der Waals surface area contributed by atoms with Crippen LogP contribution < -0.4 is 5.32 Å². The first-order valence-electron chi connectivity index (χ1n) is 7.85. The Hall–Kier alpha value is -1.30. The van der Waals surface area contributed by atoms with E-state index >= 15 is 0 Å². The maximum absolute atomic E-state index is 11.8. The molecule has 1 aliphatic carbocycles. The van der Waals surface area contributed by atoms with Gasteiger partial charge in [0.25, 0.3) is 0 Å². The molecule has 2 N–H and O–H groups in total. The normalized spacial score (nSPS) is 17.9. The lowest BCUT2D eigenvalue weighted by atomic mass is 9.77. The fourth-order valence-electron chi connectivity index (χ4n) is 2.04. The minimum Gasteiger partial charge on any atom is -0.481 e. The van der Waals surface area contributed by atoms with Gasteiger partial charge in [0.2, 0.25) is 0 Å². The number of carbonyl (C=O) groups excluding carboxylic acids is 1. The summed E-state index contributed by atoms with van der Waals surface area (Å²) in [5.74, 6) is -0.578. The number of alkyl carbamates (subject to hydrolysis) is 1. The Labute approximate surface area is 132 Å². The average molecular weight is 315 g/mol. The Morgan fingerprint density at radius 3 is 2.27 bits per heavy atom. The van der Waals surface area contributed by atoms with E-state index in [0.29, 0.717) is 12.5 Å². The van der Waals surface area contributed by atoms with E-state index in [2.05, 4.69) is 5.32 Å². The van der Waals surface area contributed by atoms with E-state index in [1.165, 1.54) is 0 Å². The number of hydrogen-bond donors (Lipinski definition) is 2. The van der Waals surface area contributed by atoms with Gasteiger partial charge in [0, 0.05) is 13.2 Å². The van der Waals surface area contributed by atoms with Crippen molar-refractivity contribution < 1.29 is 24.2 Å². The number of carboxylic acid groups (broad SMARTS) is 1. The summed E-state index contributed by atoms with van der Waals surface area (Å²) < 4.78 is 10.8. The minimum atomic E-state index is -1.15. The first-order valence-corrected chi connectivity index (χ1v) is 7.85. The van der Waals surface area contributed by atoms with Crippen molar-refractivity contribution in [2.75, 3.05) is 19.8 Å². The Morgan fingerprint density at radius 1 is 1.27 bits per heavy atom. The first-order chi connectivity index (χ1) is 10.1. The van der Waals surface area contributed by atoms with Crippen LogP contribution in [0.3, 0.4) is 0 Å². The van der Waals surface area contributed by atoms with Gasteiger partial charge in [-0.15, -0.1) is 0 Å². The lowest BCUT2D eigenvalue weighted by Gasteiger charge is -2.33. The molecule has 128 valence electrons. The smallest absolute Gasteiger partial charge is 0.407 e. The van der Waals surface area contributed by atoms with Crippen molar-refractivity contribution in [2.24, 2.45) is 17.3 Å². The molecule has 0 spiro atoms. The Balaban J connectivity index is 2.63. The number of carbonyl (C=O) groups is 2. The molecule has 0 bridgehead atoms. The molecule has 22 heavy (non-hydrogen) atoms. The molecular weight excluding hydrogens is 286 g/mol. The van der Waals surface area contributed by atoms with Gasteiger partial charge in [-0.05, 0) is 45.4 Å². The van der Waals surface area contributed by atoms with Crippen LogP contribution in [-0.2, 0) is 14.3 Å². The summed E-state index contributed by atoms with van der Waals surface area (Å²) in [6.07, 6.45) is 1.69. The highest BCUT2D eigenvalue weighted by atomic mass is 16.6. The zero-order chi connectivity index (χ0) is 17.0. The number of amides is 1. The van der Waals surface area contributed by atoms with Gasteiger partial charge in [0.05, 0.1) is 6.61 Å². The molecule has 0 heterocycles. The van der Waals surface area contributed by atoms with Gasteiger partial charge >= 0.3 is 12.1 Å². The number of carboxylic acids is 1. The summed E-state index contributed by atoms with van der Waals surface area (Å²) in [6.45, 7) is 9.60. The third-order valence-corrected chi connectivity index (χ3v) is 3.89. The molecular formula is C16H29NO5. The molecule has 0 aromatic heterocycles. The predicted octanol–water partition coefficient (Wildman–Crippen LogP) is 2.66. The highest BCUT2D eigenvalue weighted by Crippen LogP contribution is 2.32. The summed E-state index contributed by atoms with van der Waals surface area (Å²) >= 11 is 0. The molecule has 1 saturated carbocycles. The molecule has 6 nitrogen and oxygen atoms in total. The second kappa shape index (κ2) is 7.31. The second-order valence-corrected chi connectivity index (χ2v) is 7.43. The van der Waals surface area contributed by atoms with Crippen molar-refractivity contribution >= 4 is 12.1 Å². The molecule has 1 unspecified atom stereocenters. The third-order valence-electron chi connectivity index (χ3n) is 3.89. The highest BCUT2D eigenvalue weighted by Gasteiger charge is 2.43. The molecule has 0 aromatic rings. The molecule has 1 rings (SSSR count). The van der Waals surface area contributed by atoms with Crippen LogP contribution in [0, 0.1) is 17.3 Å². The van der Waals surface area contributed by atoms with Crippen LogP contribution in [0.15, 0.2) is 0 Å². The topological polar surface area (TPSA) is 84.9 Å². The lowest BCUT2D eigenvalue weighted by Crippen LogP contribution is -2.50. The van der Waals surface area contributed by atoms with Gasteiger partial charge in [-0.3, -0.25) is 4.79 Å². The Morgan fingerprint density at radius 2 is 1.86 bits per heavy atom. The fourth-order valence-corrected chi connectivity index (χ4v) is 2.04. The van der Waals surface area contributed by atoms with E-state index in [0.717, 1.165) is 12.8 Å². The quantitative estimate of drug-likeness (QED) is 0.719. The molecule has 1 amide bonds. The molecule has 0 aliphatic heterocycles. The maximum atomic E-state index is 11.8. The third kappa shape index (κ3) is 5.83. The molecule has 1 fully saturated rings. The first kappa shape index (κ1) is 18.7. The van der Waals surface area contributed by atoms with Gasteiger partial charge < -0.3 is 19.9 Å². The monoisotopic (exact) mass is 315 g/mol. The van der Waals surface area contributed by atoms with Crippen LogP contribution in [0.2, 0.25) is 0 Å². The summed E-state index contributed by atoms with van der Waals surface area (Å²) in [7, 11) is 0. The minimum absolute atomic E-state index is 0.0143. The average Bonchev–Trinajstić information content (AvgIpc) is 3.14. The van der Waals surface area contributed by atoms with E-state index in [1.807, 2.05) is 13.8 Å². The number of rotatable bonds is 8. The van der Waals surface area contributed by atoms with E-state index in [9.17, 15) is 14.7 Å². The van der Waals surface area contributed by atoms with Crippen LogP contribution in [0.5, 0.6) is 0 Å². The van der Waals surface area contributed by atoms with Crippen molar-refractivity contribution in [1.29, 1.82) is 0 Å². The van der Waals surface area contributed by atoms with E-state index in [1.54, 1.807) is 20.8 Å². The van der Waals surface area contributed by atoms with Crippen LogP contribution in [0.25, 0.3) is 0 Å². The number of ether oxygens (including phenoxy) is 2. The van der Waals surface area contributed by atoms with Crippen LogP contribution >= 0.6 is 0 Å². The lowest BCUT2D eigenvalue weighted by molar-refractivity contribution is -0.156. The van der Waals surface area contributed by atoms with Crippen molar-refractivity contribution in [3.05, 3.63) is 0 Å². The zero-order valence-corrected chi connectivity index (χ0v) is 14.3. The van der Waals surface area contributed by atoms with Gasteiger partial charge in [0.15, 0.2) is 0 Å². The highest BCUT2D eigenvalue weighted by molar-refractivity contribution is 5.77.